The maximum Gasteiger partial charge on any atom is 0.243 e. The Morgan fingerprint density at radius 2 is 1.86 bits per heavy atom. The summed E-state index contributed by atoms with van der Waals surface area (Å²) >= 11 is 5.75. The third kappa shape index (κ3) is 4.20. The van der Waals surface area contributed by atoms with Crippen molar-refractivity contribution >= 4 is 28.9 Å². The zero-order valence-electron chi connectivity index (χ0n) is 10.9. The van der Waals surface area contributed by atoms with Gasteiger partial charge in [0.2, 0.25) is 5.91 Å². The molecule has 0 bridgehead atoms. The standard InChI is InChI=1S/C15H11ClFN3O/c16-11-1-3-12(4-2-11)20-15(21)9-19-13-5-6-14(17)10(7-13)8-18/h1-7,19H,9H2,(H,20,21). The second kappa shape index (κ2) is 6.73. The Morgan fingerprint density at radius 3 is 2.52 bits per heavy atom. The van der Waals surface area contributed by atoms with Crippen LogP contribution < -0.4 is 10.6 Å². The number of rotatable bonds is 4. The number of carbonyl (C=O) groups is 1. The van der Waals surface area contributed by atoms with Crippen molar-refractivity contribution in [3.63, 3.8) is 0 Å². The highest BCUT2D eigenvalue weighted by molar-refractivity contribution is 6.30. The molecule has 0 fully saturated rings. The fraction of sp³-hybridized carbons (Fsp3) is 0.0667. The van der Waals surface area contributed by atoms with Gasteiger partial charge in [0.05, 0.1) is 12.1 Å². The third-order valence-corrected chi connectivity index (χ3v) is 2.92. The molecule has 6 heteroatoms. The molecule has 21 heavy (non-hydrogen) atoms. The Balaban J connectivity index is 1.92. The molecule has 0 aliphatic heterocycles. The molecule has 106 valence electrons. The maximum absolute atomic E-state index is 13.1. The Bertz CT molecular complexity index is 695. The van der Waals surface area contributed by atoms with Crippen LogP contribution in [0.1, 0.15) is 5.56 Å². The van der Waals surface area contributed by atoms with Crippen molar-refractivity contribution in [2.45, 2.75) is 0 Å². The Kier molecular flexibility index (Phi) is 4.75. The van der Waals surface area contributed by atoms with Gasteiger partial charge in [-0.05, 0) is 42.5 Å². The maximum atomic E-state index is 13.1. The Labute approximate surface area is 126 Å². The Hall–Kier alpha value is -2.58. The number of benzene rings is 2. The summed E-state index contributed by atoms with van der Waals surface area (Å²) in [7, 11) is 0. The van der Waals surface area contributed by atoms with Gasteiger partial charge in [0.25, 0.3) is 0 Å². The molecule has 0 atom stereocenters. The first-order chi connectivity index (χ1) is 10.1. The highest BCUT2D eigenvalue weighted by Crippen LogP contribution is 2.15. The summed E-state index contributed by atoms with van der Waals surface area (Å²) in [5.74, 6) is -0.853. The molecule has 1 amide bonds. The molecule has 0 saturated heterocycles. The number of nitrogens with zero attached hydrogens (tertiary/aromatic N) is 1. The van der Waals surface area contributed by atoms with E-state index < -0.39 is 5.82 Å². The number of carbonyl (C=O) groups excluding carboxylic acids is 1. The minimum absolute atomic E-state index is 0.000866. The van der Waals surface area contributed by atoms with Crippen molar-refractivity contribution in [3.8, 4) is 6.07 Å². The largest absolute Gasteiger partial charge is 0.376 e. The molecule has 0 radical (unpaired) electrons. The SMILES string of the molecule is N#Cc1cc(NCC(=O)Nc2ccc(Cl)cc2)ccc1F. The molecular weight excluding hydrogens is 293 g/mol. The summed E-state index contributed by atoms with van der Waals surface area (Å²) in [6.45, 7) is -0.000866. The quantitative estimate of drug-likeness (QED) is 0.910. The molecule has 0 spiro atoms. The molecule has 0 aromatic heterocycles. The average molecular weight is 304 g/mol. The lowest BCUT2D eigenvalue weighted by Crippen LogP contribution is -2.21. The van der Waals surface area contributed by atoms with Gasteiger partial charge in [0, 0.05) is 16.4 Å². The van der Waals surface area contributed by atoms with Crippen LogP contribution in [0.3, 0.4) is 0 Å². The summed E-state index contributed by atoms with van der Waals surface area (Å²) in [6.07, 6.45) is 0. The summed E-state index contributed by atoms with van der Waals surface area (Å²) in [4.78, 5) is 11.7. The molecular formula is C15H11ClFN3O. The molecule has 4 nitrogen and oxygen atoms in total. The van der Waals surface area contributed by atoms with Crippen LogP contribution in [-0.4, -0.2) is 12.5 Å². The second-order valence-electron chi connectivity index (χ2n) is 4.22. The van der Waals surface area contributed by atoms with E-state index in [9.17, 15) is 9.18 Å². The van der Waals surface area contributed by atoms with Crippen molar-refractivity contribution < 1.29 is 9.18 Å². The molecule has 0 saturated carbocycles. The summed E-state index contributed by atoms with van der Waals surface area (Å²) in [5.41, 5.74) is 1.06. The van der Waals surface area contributed by atoms with Gasteiger partial charge in [0.1, 0.15) is 11.9 Å². The van der Waals surface area contributed by atoms with Crippen molar-refractivity contribution in [2.24, 2.45) is 0 Å². The predicted octanol–water partition coefficient (Wildman–Crippen LogP) is 3.40. The van der Waals surface area contributed by atoms with E-state index in [0.29, 0.717) is 16.4 Å². The lowest BCUT2D eigenvalue weighted by Gasteiger charge is -2.08. The van der Waals surface area contributed by atoms with Gasteiger partial charge < -0.3 is 10.6 Å². The van der Waals surface area contributed by atoms with Crippen LogP contribution in [0.15, 0.2) is 42.5 Å². The Morgan fingerprint density at radius 1 is 1.19 bits per heavy atom. The van der Waals surface area contributed by atoms with E-state index in [2.05, 4.69) is 10.6 Å². The zero-order valence-corrected chi connectivity index (χ0v) is 11.6. The van der Waals surface area contributed by atoms with Crippen LogP contribution in [0, 0.1) is 17.1 Å². The minimum Gasteiger partial charge on any atom is -0.376 e. The molecule has 2 rings (SSSR count). The van der Waals surface area contributed by atoms with E-state index in [-0.39, 0.29) is 18.0 Å². The van der Waals surface area contributed by atoms with E-state index in [1.165, 1.54) is 18.2 Å². The van der Waals surface area contributed by atoms with Gasteiger partial charge in [-0.15, -0.1) is 0 Å². The number of amides is 1. The highest BCUT2D eigenvalue weighted by atomic mass is 35.5. The van der Waals surface area contributed by atoms with E-state index in [1.807, 2.05) is 0 Å². The van der Waals surface area contributed by atoms with Crippen LogP contribution in [0.25, 0.3) is 0 Å². The topological polar surface area (TPSA) is 64.9 Å². The van der Waals surface area contributed by atoms with E-state index in [1.54, 1.807) is 30.3 Å². The number of halogens is 2. The fourth-order valence-corrected chi connectivity index (χ4v) is 1.77. The van der Waals surface area contributed by atoms with Crippen LogP contribution >= 0.6 is 11.6 Å². The van der Waals surface area contributed by atoms with E-state index >= 15 is 0 Å². The molecule has 2 N–H and O–H groups in total. The second-order valence-corrected chi connectivity index (χ2v) is 4.65. The normalized spacial score (nSPS) is 9.76. The van der Waals surface area contributed by atoms with Gasteiger partial charge in [-0.25, -0.2) is 4.39 Å². The molecule has 2 aromatic carbocycles. The van der Waals surface area contributed by atoms with Crippen LogP contribution in [0.5, 0.6) is 0 Å². The van der Waals surface area contributed by atoms with Crippen molar-refractivity contribution in [1.82, 2.24) is 0 Å². The van der Waals surface area contributed by atoms with E-state index in [4.69, 9.17) is 16.9 Å². The van der Waals surface area contributed by atoms with Gasteiger partial charge in [0.15, 0.2) is 0 Å². The highest BCUT2D eigenvalue weighted by Gasteiger charge is 2.05. The summed E-state index contributed by atoms with van der Waals surface area (Å²) < 4.78 is 13.1. The van der Waals surface area contributed by atoms with Crippen molar-refractivity contribution in [1.29, 1.82) is 5.26 Å². The molecule has 0 aliphatic rings. The molecule has 0 aliphatic carbocycles. The van der Waals surface area contributed by atoms with Gasteiger partial charge in [-0.1, -0.05) is 11.6 Å². The van der Waals surface area contributed by atoms with E-state index in [0.717, 1.165) is 0 Å². The fourth-order valence-electron chi connectivity index (χ4n) is 1.64. The first-order valence-corrected chi connectivity index (χ1v) is 6.45. The first-order valence-electron chi connectivity index (χ1n) is 6.07. The lowest BCUT2D eigenvalue weighted by atomic mass is 10.2. The molecule has 0 unspecified atom stereocenters. The zero-order chi connectivity index (χ0) is 15.2. The van der Waals surface area contributed by atoms with Crippen molar-refractivity contribution in [2.75, 3.05) is 17.2 Å². The predicted molar refractivity (Wildman–Crippen MR) is 79.7 cm³/mol. The van der Waals surface area contributed by atoms with Crippen molar-refractivity contribution in [3.05, 3.63) is 58.9 Å². The molecule has 0 heterocycles. The molecule has 2 aromatic rings. The van der Waals surface area contributed by atoms with Gasteiger partial charge in [-0.3, -0.25) is 4.79 Å². The van der Waals surface area contributed by atoms with Crippen LogP contribution in [0.4, 0.5) is 15.8 Å². The van der Waals surface area contributed by atoms with Crippen LogP contribution in [0.2, 0.25) is 5.02 Å². The monoisotopic (exact) mass is 303 g/mol. The van der Waals surface area contributed by atoms with Gasteiger partial charge in [-0.2, -0.15) is 5.26 Å². The number of anilines is 2. The average Bonchev–Trinajstić information content (AvgIpc) is 2.49. The number of nitriles is 1. The third-order valence-electron chi connectivity index (χ3n) is 2.67. The summed E-state index contributed by atoms with van der Waals surface area (Å²) in [6, 6.07) is 12.4. The minimum atomic E-state index is -0.589. The first kappa shape index (κ1) is 14.8. The lowest BCUT2D eigenvalue weighted by molar-refractivity contribution is -0.114. The smallest absolute Gasteiger partial charge is 0.243 e. The summed E-state index contributed by atoms with van der Waals surface area (Å²) in [5, 5.41) is 14.8. The number of hydrogen-bond donors (Lipinski definition) is 2. The number of hydrogen-bond acceptors (Lipinski definition) is 3. The van der Waals surface area contributed by atoms with Gasteiger partial charge >= 0.3 is 0 Å². The number of nitrogens with one attached hydrogen (secondary N) is 2. The van der Waals surface area contributed by atoms with Crippen LogP contribution in [-0.2, 0) is 4.79 Å².